The van der Waals surface area contributed by atoms with Crippen molar-refractivity contribution in [2.75, 3.05) is 26.4 Å². The van der Waals surface area contributed by atoms with Crippen molar-refractivity contribution in [3.05, 3.63) is 85.1 Å². The van der Waals surface area contributed by atoms with E-state index in [1.165, 1.54) is 148 Å². The number of unbranched alkanes of at least 4 members (excludes halogenated alkanes) is 28. The molecule has 1 heterocycles. The number of aliphatic hydroxyl groups is 3. The van der Waals surface area contributed by atoms with E-state index in [9.17, 15) is 33.1 Å². The lowest BCUT2D eigenvalue weighted by Gasteiger charge is -2.41. The second-order valence-corrected chi connectivity index (χ2v) is 22.3. The molecule has 1 fully saturated rings. The van der Waals surface area contributed by atoms with Crippen LogP contribution in [-0.4, -0.2) is 97.5 Å². The van der Waals surface area contributed by atoms with Crippen LogP contribution < -0.4 is 0 Å². The highest BCUT2D eigenvalue weighted by Gasteiger charge is 2.48. The predicted octanol–water partition coefficient (Wildman–Crippen LogP) is 16.3. The van der Waals surface area contributed by atoms with Gasteiger partial charge in [0.15, 0.2) is 6.29 Å². The Balaban J connectivity index is 2.27. The zero-order valence-electron chi connectivity index (χ0n) is 49.2. The van der Waals surface area contributed by atoms with E-state index >= 15 is 0 Å². The van der Waals surface area contributed by atoms with Crippen molar-refractivity contribution in [1.82, 2.24) is 0 Å². The minimum absolute atomic E-state index is 0.0305. The molecule has 1 aliphatic rings. The van der Waals surface area contributed by atoms with Crippen LogP contribution in [-0.2, 0) is 38.3 Å². The fourth-order valence-corrected chi connectivity index (χ4v) is 9.83. The van der Waals surface area contributed by atoms with Gasteiger partial charge in [-0.15, -0.1) is 0 Å². The largest absolute Gasteiger partial charge is 0.457 e. The van der Waals surface area contributed by atoms with Gasteiger partial charge in [-0.2, -0.15) is 8.42 Å². The maximum absolute atomic E-state index is 13.0. The Bertz CT molecular complexity index is 1670. The summed E-state index contributed by atoms with van der Waals surface area (Å²) in [7, 11) is -5.07. The molecule has 0 radical (unpaired) electrons. The molecular weight excluding hydrogens is 1000 g/mol. The summed E-state index contributed by atoms with van der Waals surface area (Å²) in [5, 5.41) is 30.9. The number of rotatable bonds is 55. The normalized spacial score (nSPS) is 19.0. The van der Waals surface area contributed by atoms with Crippen LogP contribution in [0.2, 0.25) is 0 Å². The number of carbonyl (C=O) groups excluding carboxylic acids is 1. The number of hydrogen-bond donors (Lipinski definition) is 4. The molecule has 0 aromatic rings. The first-order valence-electron chi connectivity index (χ1n) is 31.3. The van der Waals surface area contributed by atoms with Crippen LogP contribution in [0.15, 0.2) is 85.1 Å². The number of ether oxygens (including phenoxy) is 4. The molecule has 1 saturated heterocycles. The highest BCUT2D eigenvalue weighted by atomic mass is 32.3. The molecule has 4 N–H and O–H groups in total. The first kappa shape index (κ1) is 73.3. The van der Waals surface area contributed by atoms with Gasteiger partial charge in [-0.25, -0.2) is 4.18 Å². The Labute approximate surface area is 476 Å². The summed E-state index contributed by atoms with van der Waals surface area (Å²) >= 11 is 0. The van der Waals surface area contributed by atoms with Gasteiger partial charge in [-0.1, -0.05) is 247 Å². The quantitative estimate of drug-likeness (QED) is 0.0196. The maximum Gasteiger partial charge on any atom is 0.397 e. The third-order valence-electron chi connectivity index (χ3n) is 14.0. The summed E-state index contributed by atoms with van der Waals surface area (Å²) in [6, 6.07) is 0. The molecule has 1 rings (SSSR count). The molecule has 0 aromatic heterocycles. The zero-order valence-corrected chi connectivity index (χ0v) is 50.0. The monoisotopic (exact) mass is 1120 g/mol. The first-order valence-corrected chi connectivity index (χ1v) is 32.7. The summed E-state index contributed by atoms with van der Waals surface area (Å²) in [4.78, 5) is 13.0. The van der Waals surface area contributed by atoms with Gasteiger partial charge in [0.2, 0.25) is 0 Å². The van der Waals surface area contributed by atoms with Crippen LogP contribution in [0.4, 0.5) is 0 Å². The van der Waals surface area contributed by atoms with E-state index in [0.29, 0.717) is 13.0 Å². The van der Waals surface area contributed by atoms with Gasteiger partial charge in [-0.3, -0.25) is 9.35 Å². The Morgan fingerprint density at radius 1 is 0.500 bits per heavy atom. The standard InChI is InChI=1S/C65H114O12S/c1-3-5-7-9-11-13-15-17-19-21-23-25-27-29-31-33-35-37-39-41-43-45-47-49-51-53-55-73-57-59(58-74-65-63(69)64(77-78(70,71)72)62(68)60(56-66)76-65)75-61(67)54-52-50-48-46-44-42-40-38-36-34-32-30-28-26-24-22-20-18-16-14-12-10-8-6-4-2/h5,7,11,13,16-19,22-25,28,30,59-60,62-66,68-69H,3-4,6,8-10,12,14-15,20-21,26-27,29,31-58H2,1-2H3,(H,70,71,72)/b7-5-,13-11-,18-16-,19-17-,24-22-,25-23-,30-28-. The summed E-state index contributed by atoms with van der Waals surface area (Å²) < 4.78 is 59.6. The molecule has 452 valence electrons. The summed E-state index contributed by atoms with van der Waals surface area (Å²) in [5.41, 5.74) is 0. The molecule has 1 aliphatic heterocycles. The third kappa shape index (κ3) is 47.0. The fraction of sp³-hybridized carbons (Fsp3) is 0.769. The van der Waals surface area contributed by atoms with Crippen LogP contribution in [0, 0.1) is 0 Å². The Hall–Kier alpha value is -2.72. The molecular formula is C65H114O12S. The Kier molecular flexibility index (Phi) is 51.5. The number of carbonyl (C=O) groups is 1. The van der Waals surface area contributed by atoms with Crippen LogP contribution in [0.3, 0.4) is 0 Å². The van der Waals surface area contributed by atoms with Crippen molar-refractivity contribution < 1.29 is 56.2 Å². The number of allylic oxidation sites excluding steroid dienone is 14. The lowest BCUT2D eigenvalue weighted by molar-refractivity contribution is -0.301. The fourth-order valence-electron chi connectivity index (χ4n) is 9.32. The topological polar surface area (TPSA) is 178 Å². The van der Waals surface area contributed by atoms with E-state index < -0.39 is 59.8 Å². The molecule has 12 nitrogen and oxygen atoms in total. The third-order valence-corrected chi connectivity index (χ3v) is 14.5. The lowest BCUT2D eigenvalue weighted by atomic mass is 9.99. The van der Waals surface area contributed by atoms with Crippen molar-refractivity contribution in [2.24, 2.45) is 0 Å². The molecule has 0 spiro atoms. The van der Waals surface area contributed by atoms with Gasteiger partial charge in [0, 0.05) is 13.0 Å². The summed E-state index contributed by atoms with van der Waals surface area (Å²) in [6.07, 6.45) is 66.2. The summed E-state index contributed by atoms with van der Waals surface area (Å²) in [5.74, 6) is -0.403. The second kappa shape index (κ2) is 54.8. The molecule has 0 saturated carbocycles. The van der Waals surface area contributed by atoms with Crippen molar-refractivity contribution >= 4 is 16.4 Å². The van der Waals surface area contributed by atoms with Crippen molar-refractivity contribution in [3.63, 3.8) is 0 Å². The van der Waals surface area contributed by atoms with Crippen LogP contribution >= 0.6 is 0 Å². The number of hydrogen-bond acceptors (Lipinski definition) is 11. The second-order valence-electron chi connectivity index (χ2n) is 21.3. The maximum atomic E-state index is 13.0. The Morgan fingerprint density at radius 2 is 0.885 bits per heavy atom. The van der Waals surface area contributed by atoms with Gasteiger partial charge in [0.05, 0.1) is 19.8 Å². The van der Waals surface area contributed by atoms with E-state index in [4.69, 9.17) is 18.9 Å². The van der Waals surface area contributed by atoms with Gasteiger partial charge in [-0.05, 0) is 89.9 Å². The smallest absolute Gasteiger partial charge is 0.397 e. The molecule has 78 heavy (non-hydrogen) atoms. The van der Waals surface area contributed by atoms with Crippen molar-refractivity contribution in [1.29, 1.82) is 0 Å². The first-order chi connectivity index (χ1) is 38.1. The molecule has 0 amide bonds. The van der Waals surface area contributed by atoms with E-state index in [0.717, 1.165) is 83.5 Å². The summed E-state index contributed by atoms with van der Waals surface area (Å²) in [6.45, 7) is 3.89. The van der Waals surface area contributed by atoms with Gasteiger partial charge in [0.25, 0.3) is 0 Å². The minimum Gasteiger partial charge on any atom is -0.457 e. The van der Waals surface area contributed by atoms with Crippen LogP contribution in [0.25, 0.3) is 0 Å². The highest BCUT2D eigenvalue weighted by Crippen LogP contribution is 2.26. The molecule has 13 heteroatoms. The molecule has 0 aromatic carbocycles. The average Bonchev–Trinajstić information content (AvgIpc) is 3.42. The van der Waals surface area contributed by atoms with Gasteiger partial charge in [0.1, 0.15) is 30.5 Å². The van der Waals surface area contributed by atoms with E-state index in [1.54, 1.807) is 0 Å². The zero-order chi connectivity index (χ0) is 56.7. The van der Waals surface area contributed by atoms with E-state index in [1.807, 2.05) is 0 Å². The van der Waals surface area contributed by atoms with Gasteiger partial charge >= 0.3 is 16.4 Å². The average molecular weight is 1120 g/mol. The SMILES string of the molecule is CC/C=C\C/C=C\C/C=C\C/C=C\CCCCCCCCCCCCCCCOCC(COC1OC(CO)C(O)C(OS(=O)(=O)O)C1O)OC(=O)CCCCCCCCCCCC/C=C\C/C=C\C/C=C\CCCCCCC. The van der Waals surface area contributed by atoms with Gasteiger partial charge < -0.3 is 34.3 Å². The molecule has 6 atom stereocenters. The number of esters is 1. The van der Waals surface area contributed by atoms with Crippen LogP contribution in [0.5, 0.6) is 0 Å². The van der Waals surface area contributed by atoms with Crippen LogP contribution in [0.1, 0.15) is 258 Å². The van der Waals surface area contributed by atoms with Crippen molar-refractivity contribution in [3.8, 4) is 0 Å². The molecule has 0 aliphatic carbocycles. The van der Waals surface area contributed by atoms with E-state index in [-0.39, 0.29) is 19.6 Å². The molecule has 6 unspecified atom stereocenters. The predicted molar refractivity (Wildman–Crippen MR) is 322 cm³/mol. The van der Waals surface area contributed by atoms with Crippen molar-refractivity contribution in [2.45, 2.75) is 295 Å². The number of aliphatic hydroxyl groups excluding tert-OH is 3. The lowest BCUT2D eigenvalue weighted by Crippen LogP contribution is -2.60. The molecule has 0 bridgehead atoms. The minimum atomic E-state index is -5.07. The van der Waals surface area contributed by atoms with E-state index in [2.05, 4.69) is 103 Å². The Morgan fingerprint density at radius 3 is 1.29 bits per heavy atom. The highest BCUT2D eigenvalue weighted by molar-refractivity contribution is 7.80.